The first kappa shape index (κ1) is 16.1. The largest absolute Gasteiger partial charge is 0.497 e. The van der Waals surface area contributed by atoms with Gasteiger partial charge in [-0.1, -0.05) is 0 Å². The Hall–Kier alpha value is -1.31. The Morgan fingerprint density at radius 1 is 1.38 bits per heavy atom. The number of ether oxygens (including phenoxy) is 2. The summed E-state index contributed by atoms with van der Waals surface area (Å²) in [6.07, 6.45) is 0. The lowest BCUT2D eigenvalue weighted by Gasteiger charge is -2.10. The van der Waals surface area contributed by atoms with Gasteiger partial charge in [-0.05, 0) is 26.0 Å². The summed E-state index contributed by atoms with van der Waals surface area (Å²) in [6, 6.07) is 5.29. The summed E-state index contributed by atoms with van der Waals surface area (Å²) in [5.41, 5.74) is 1.08. The van der Waals surface area contributed by atoms with Gasteiger partial charge in [-0.25, -0.2) is 13.4 Å². The molecule has 1 heterocycles. The van der Waals surface area contributed by atoms with Crippen molar-refractivity contribution in [1.82, 2.24) is 4.98 Å². The van der Waals surface area contributed by atoms with Crippen LogP contribution in [-0.4, -0.2) is 27.1 Å². The van der Waals surface area contributed by atoms with Crippen molar-refractivity contribution in [3.05, 3.63) is 23.9 Å². The Bertz CT molecular complexity index is 756. The molecule has 5 nitrogen and oxygen atoms in total. The molecule has 0 radical (unpaired) electrons. The number of hydrogen-bond donors (Lipinski definition) is 0. The Balaban J connectivity index is 2.56. The highest BCUT2D eigenvalue weighted by Gasteiger charge is 2.21. The number of methoxy groups -OCH3 is 1. The molecule has 0 N–H and O–H groups in total. The van der Waals surface area contributed by atoms with Crippen molar-refractivity contribution in [2.24, 2.45) is 0 Å². The van der Waals surface area contributed by atoms with Crippen LogP contribution < -0.4 is 9.47 Å². The van der Waals surface area contributed by atoms with Gasteiger partial charge in [0, 0.05) is 16.7 Å². The van der Waals surface area contributed by atoms with Gasteiger partial charge in [0.15, 0.2) is 4.21 Å². The van der Waals surface area contributed by atoms with Crippen LogP contribution in [0.2, 0.25) is 0 Å². The van der Waals surface area contributed by atoms with Crippen LogP contribution in [0, 0.1) is 6.92 Å². The molecule has 21 heavy (non-hydrogen) atoms. The van der Waals surface area contributed by atoms with Gasteiger partial charge in [0.2, 0.25) is 0 Å². The van der Waals surface area contributed by atoms with Crippen molar-refractivity contribution in [2.45, 2.75) is 18.1 Å². The average Bonchev–Trinajstić information content (AvgIpc) is 2.81. The van der Waals surface area contributed by atoms with Crippen molar-refractivity contribution in [3.8, 4) is 22.1 Å². The highest BCUT2D eigenvalue weighted by Crippen LogP contribution is 2.38. The van der Waals surface area contributed by atoms with E-state index in [0.29, 0.717) is 34.4 Å². The molecule has 0 bridgehead atoms. The molecule has 0 aliphatic rings. The predicted molar refractivity (Wildman–Crippen MR) is 83.0 cm³/mol. The SMILES string of the molecule is CCOc1cc(OC)ccc1-c1nc(C)c(S(=O)(=O)Cl)s1. The van der Waals surface area contributed by atoms with E-state index in [4.69, 9.17) is 20.2 Å². The van der Waals surface area contributed by atoms with Crippen molar-refractivity contribution < 1.29 is 17.9 Å². The maximum absolute atomic E-state index is 11.5. The van der Waals surface area contributed by atoms with Crippen molar-refractivity contribution in [1.29, 1.82) is 0 Å². The first-order valence-corrected chi connectivity index (χ1v) is 9.22. The molecular formula is C13H14ClNO4S2. The van der Waals surface area contributed by atoms with Gasteiger partial charge in [0.1, 0.15) is 16.5 Å². The van der Waals surface area contributed by atoms with Crippen LogP contribution in [0.4, 0.5) is 0 Å². The fraction of sp³-hybridized carbons (Fsp3) is 0.308. The van der Waals surface area contributed by atoms with E-state index in [-0.39, 0.29) is 4.21 Å². The van der Waals surface area contributed by atoms with E-state index in [2.05, 4.69) is 4.98 Å². The van der Waals surface area contributed by atoms with Crippen LogP contribution in [0.5, 0.6) is 11.5 Å². The highest BCUT2D eigenvalue weighted by molar-refractivity contribution is 8.15. The zero-order valence-electron chi connectivity index (χ0n) is 11.7. The average molecular weight is 348 g/mol. The van der Waals surface area contributed by atoms with Crippen LogP contribution in [0.15, 0.2) is 22.4 Å². The Morgan fingerprint density at radius 3 is 2.62 bits per heavy atom. The fourth-order valence-electron chi connectivity index (χ4n) is 1.81. The summed E-state index contributed by atoms with van der Waals surface area (Å²) in [4.78, 5) is 4.28. The van der Waals surface area contributed by atoms with E-state index in [1.54, 1.807) is 32.2 Å². The maximum Gasteiger partial charge on any atom is 0.272 e. The van der Waals surface area contributed by atoms with Gasteiger partial charge >= 0.3 is 0 Å². The van der Waals surface area contributed by atoms with Crippen LogP contribution in [0.3, 0.4) is 0 Å². The minimum atomic E-state index is -3.80. The molecule has 0 fully saturated rings. The summed E-state index contributed by atoms with van der Waals surface area (Å²) >= 11 is 1.02. The molecule has 0 saturated heterocycles. The number of rotatable bonds is 5. The lowest BCUT2D eigenvalue weighted by Crippen LogP contribution is -1.95. The van der Waals surface area contributed by atoms with Crippen LogP contribution in [0.25, 0.3) is 10.6 Å². The minimum Gasteiger partial charge on any atom is -0.497 e. The summed E-state index contributed by atoms with van der Waals surface area (Å²) in [7, 11) is 3.17. The maximum atomic E-state index is 11.5. The van der Waals surface area contributed by atoms with Gasteiger partial charge < -0.3 is 9.47 Å². The molecule has 0 atom stereocenters. The molecule has 1 aromatic heterocycles. The predicted octanol–water partition coefficient (Wildman–Crippen LogP) is 3.45. The highest BCUT2D eigenvalue weighted by atomic mass is 35.7. The van der Waals surface area contributed by atoms with E-state index >= 15 is 0 Å². The van der Waals surface area contributed by atoms with Crippen molar-refractivity contribution in [3.63, 3.8) is 0 Å². The van der Waals surface area contributed by atoms with Crippen LogP contribution in [-0.2, 0) is 9.05 Å². The number of hydrogen-bond acceptors (Lipinski definition) is 6. The molecule has 2 rings (SSSR count). The second-order valence-corrected chi connectivity index (χ2v) is 7.89. The van der Waals surface area contributed by atoms with Gasteiger partial charge in [0.05, 0.1) is 25.0 Å². The van der Waals surface area contributed by atoms with Gasteiger partial charge in [0.25, 0.3) is 9.05 Å². The molecule has 0 amide bonds. The van der Waals surface area contributed by atoms with Gasteiger partial charge in [-0.15, -0.1) is 11.3 Å². The van der Waals surface area contributed by atoms with Crippen molar-refractivity contribution >= 4 is 31.1 Å². The molecule has 0 spiro atoms. The van der Waals surface area contributed by atoms with E-state index < -0.39 is 9.05 Å². The van der Waals surface area contributed by atoms with Crippen LogP contribution >= 0.6 is 22.0 Å². The second-order valence-electron chi connectivity index (χ2n) is 4.12. The fourth-order valence-corrected chi connectivity index (χ4v) is 4.29. The molecule has 0 aliphatic carbocycles. The number of benzene rings is 1. The third kappa shape index (κ3) is 3.48. The normalized spacial score (nSPS) is 11.4. The van der Waals surface area contributed by atoms with Crippen molar-refractivity contribution in [2.75, 3.05) is 13.7 Å². The van der Waals surface area contributed by atoms with E-state index in [1.807, 2.05) is 6.92 Å². The number of aryl methyl sites for hydroxylation is 1. The molecular weight excluding hydrogens is 334 g/mol. The molecule has 0 aliphatic heterocycles. The third-order valence-corrected chi connectivity index (χ3v) is 6.06. The third-order valence-electron chi connectivity index (χ3n) is 2.69. The quantitative estimate of drug-likeness (QED) is 0.775. The molecule has 2 aromatic rings. The summed E-state index contributed by atoms with van der Waals surface area (Å²) in [5.74, 6) is 1.24. The standard InChI is InChI=1S/C13H14ClNO4S2/c1-4-19-11-7-9(18-3)5-6-10(11)12-15-8(2)13(20-12)21(14,16)17/h5-7H,4H2,1-3H3. The summed E-state index contributed by atoms with van der Waals surface area (Å²) in [6.45, 7) is 3.95. The minimum absolute atomic E-state index is 0.0532. The Labute approximate surface area is 131 Å². The Kier molecular flexibility index (Phi) is 4.75. The molecule has 0 unspecified atom stereocenters. The first-order chi connectivity index (χ1) is 9.86. The van der Waals surface area contributed by atoms with E-state index in [1.165, 1.54) is 0 Å². The zero-order valence-corrected chi connectivity index (χ0v) is 14.1. The smallest absolute Gasteiger partial charge is 0.272 e. The number of aromatic nitrogens is 1. The number of thiazole rings is 1. The summed E-state index contributed by atoms with van der Waals surface area (Å²) in [5, 5.41) is 0.540. The van der Waals surface area contributed by atoms with Crippen LogP contribution in [0.1, 0.15) is 12.6 Å². The van der Waals surface area contributed by atoms with E-state index in [0.717, 1.165) is 11.3 Å². The second kappa shape index (κ2) is 6.21. The number of halogens is 1. The zero-order chi connectivity index (χ0) is 15.6. The Morgan fingerprint density at radius 2 is 2.10 bits per heavy atom. The molecule has 1 aromatic carbocycles. The van der Waals surface area contributed by atoms with Gasteiger partial charge in [-0.2, -0.15) is 0 Å². The van der Waals surface area contributed by atoms with E-state index in [9.17, 15) is 8.42 Å². The molecule has 0 saturated carbocycles. The lowest BCUT2D eigenvalue weighted by molar-refractivity contribution is 0.337. The first-order valence-electron chi connectivity index (χ1n) is 6.10. The monoisotopic (exact) mass is 347 g/mol. The lowest BCUT2D eigenvalue weighted by atomic mass is 10.2. The molecule has 8 heteroatoms. The summed E-state index contributed by atoms with van der Waals surface area (Å²) < 4.78 is 33.8. The topological polar surface area (TPSA) is 65.5 Å². The number of nitrogens with zero attached hydrogens (tertiary/aromatic N) is 1. The molecule has 114 valence electrons. The van der Waals surface area contributed by atoms with Gasteiger partial charge in [-0.3, -0.25) is 0 Å².